The number of ether oxygens (including phenoxy) is 1. The van der Waals surface area contributed by atoms with E-state index in [1.165, 1.54) is 6.42 Å². The Kier molecular flexibility index (Phi) is 2.25. The van der Waals surface area contributed by atoms with Crippen LogP contribution in [0.2, 0.25) is 5.28 Å². The molecule has 0 spiro atoms. The zero-order valence-electron chi connectivity index (χ0n) is 8.27. The fourth-order valence-corrected chi connectivity index (χ4v) is 2.50. The van der Waals surface area contributed by atoms with Crippen molar-refractivity contribution in [3.05, 3.63) is 17.5 Å². The molecule has 2 aliphatic rings. The van der Waals surface area contributed by atoms with Crippen molar-refractivity contribution in [2.24, 2.45) is 5.92 Å². The van der Waals surface area contributed by atoms with Crippen molar-refractivity contribution in [3.63, 3.8) is 0 Å². The third-order valence-corrected chi connectivity index (χ3v) is 3.18. The topological polar surface area (TPSA) is 38.2 Å². The summed E-state index contributed by atoms with van der Waals surface area (Å²) >= 11 is 5.77. The summed E-state index contributed by atoms with van der Waals surface area (Å²) in [5, 5.41) is 0.311. The first kappa shape index (κ1) is 9.36. The van der Waals surface area contributed by atoms with Crippen LogP contribution in [0.25, 0.3) is 0 Å². The van der Waals surface area contributed by atoms with Crippen LogP contribution in [0.3, 0.4) is 0 Å². The second kappa shape index (κ2) is 3.61. The molecule has 0 amide bonds. The molecule has 0 saturated carbocycles. The molecule has 0 aromatic carbocycles. The molecule has 0 N–H and O–H groups in total. The molecular weight excluding hydrogens is 214 g/mol. The number of piperidine rings is 1. The number of fused-ring (bicyclic) bond motifs is 2. The van der Waals surface area contributed by atoms with Gasteiger partial charge >= 0.3 is 0 Å². The van der Waals surface area contributed by atoms with Gasteiger partial charge in [0.2, 0.25) is 5.28 Å². The number of anilines is 1. The summed E-state index contributed by atoms with van der Waals surface area (Å²) in [5.74, 6) is 1.56. The van der Waals surface area contributed by atoms with Gasteiger partial charge < -0.3 is 9.64 Å². The first-order valence-electron chi connectivity index (χ1n) is 5.16. The van der Waals surface area contributed by atoms with Crippen molar-refractivity contribution in [1.82, 2.24) is 9.97 Å². The van der Waals surface area contributed by atoms with E-state index in [2.05, 4.69) is 14.9 Å². The summed E-state index contributed by atoms with van der Waals surface area (Å²) in [6.45, 7) is 2.83. The van der Waals surface area contributed by atoms with Gasteiger partial charge in [0, 0.05) is 25.2 Å². The quantitative estimate of drug-likeness (QED) is 0.677. The summed E-state index contributed by atoms with van der Waals surface area (Å²) < 4.78 is 5.64. The maximum atomic E-state index is 5.77. The van der Waals surface area contributed by atoms with Crippen molar-refractivity contribution in [1.29, 1.82) is 0 Å². The van der Waals surface area contributed by atoms with Crippen LogP contribution in [0.1, 0.15) is 6.42 Å². The van der Waals surface area contributed by atoms with Gasteiger partial charge in [-0.05, 0) is 24.1 Å². The lowest BCUT2D eigenvalue weighted by molar-refractivity contribution is 0.119. The highest BCUT2D eigenvalue weighted by atomic mass is 35.5. The van der Waals surface area contributed by atoms with Gasteiger partial charge in [-0.3, -0.25) is 0 Å². The lowest BCUT2D eigenvalue weighted by atomic mass is 10.0. The minimum Gasteiger partial charge on any atom is -0.376 e. The van der Waals surface area contributed by atoms with Crippen molar-refractivity contribution < 1.29 is 4.74 Å². The van der Waals surface area contributed by atoms with Crippen LogP contribution in [0.15, 0.2) is 12.3 Å². The number of aromatic nitrogens is 2. The summed E-state index contributed by atoms with van der Waals surface area (Å²) in [6.07, 6.45) is 3.26. The Balaban J connectivity index is 1.83. The van der Waals surface area contributed by atoms with E-state index in [-0.39, 0.29) is 0 Å². The van der Waals surface area contributed by atoms with Crippen LogP contribution in [-0.2, 0) is 4.74 Å². The molecule has 2 saturated heterocycles. The molecule has 2 unspecified atom stereocenters. The fraction of sp³-hybridized carbons (Fsp3) is 0.600. The molecule has 2 atom stereocenters. The van der Waals surface area contributed by atoms with E-state index in [1.807, 2.05) is 6.07 Å². The van der Waals surface area contributed by atoms with Gasteiger partial charge in [0.05, 0.1) is 12.7 Å². The Hall–Kier alpha value is -0.870. The average molecular weight is 226 g/mol. The minimum absolute atomic E-state index is 0.311. The molecule has 80 valence electrons. The van der Waals surface area contributed by atoms with Crippen molar-refractivity contribution in [2.75, 3.05) is 24.6 Å². The molecular formula is C10H12ClN3O. The number of rotatable bonds is 1. The molecule has 5 heteroatoms. The van der Waals surface area contributed by atoms with E-state index in [9.17, 15) is 0 Å². The standard InChI is InChI=1S/C10H12ClN3O/c11-10-12-2-1-9(13-10)14-4-7-3-8(5-14)15-6-7/h1-2,7-8H,3-6H2. The van der Waals surface area contributed by atoms with E-state index in [4.69, 9.17) is 16.3 Å². The molecule has 0 aliphatic carbocycles. The second-order valence-corrected chi connectivity index (χ2v) is 4.48. The summed E-state index contributed by atoms with van der Waals surface area (Å²) in [7, 11) is 0. The van der Waals surface area contributed by atoms with Gasteiger partial charge in [-0.25, -0.2) is 9.97 Å². The predicted octanol–water partition coefficient (Wildman–Crippen LogP) is 1.36. The van der Waals surface area contributed by atoms with Gasteiger partial charge in [-0.15, -0.1) is 0 Å². The largest absolute Gasteiger partial charge is 0.376 e. The van der Waals surface area contributed by atoms with E-state index < -0.39 is 0 Å². The van der Waals surface area contributed by atoms with Gasteiger partial charge in [-0.1, -0.05) is 0 Å². The maximum absolute atomic E-state index is 5.77. The van der Waals surface area contributed by atoms with Crippen molar-refractivity contribution >= 4 is 17.4 Å². The zero-order chi connectivity index (χ0) is 10.3. The lowest BCUT2D eigenvalue weighted by Crippen LogP contribution is -2.39. The Bertz CT molecular complexity index is 361. The first-order chi connectivity index (χ1) is 7.31. The second-order valence-electron chi connectivity index (χ2n) is 4.15. The van der Waals surface area contributed by atoms with Crippen LogP contribution in [0, 0.1) is 5.92 Å². The fourth-order valence-electron chi connectivity index (χ4n) is 2.36. The summed E-state index contributed by atoms with van der Waals surface area (Å²) in [6, 6.07) is 1.90. The third-order valence-electron chi connectivity index (χ3n) is 3.00. The first-order valence-corrected chi connectivity index (χ1v) is 5.54. The van der Waals surface area contributed by atoms with E-state index in [1.54, 1.807) is 6.20 Å². The van der Waals surface area contributed by atoms with E-state index in [0.29, 0.717) is 17.3 Å². The molecule has 4 nitrogen and oxygen atoms in total. The molecule has 0 radical (unpaired) electrons. The SMILES string of the molecule is Clc1nccc(N2CC3COC(C3)C2)n1. The highest BCUT2D eigenvalue weighted by Crippen LogP contribution is 2.29. The molecule has 2 aliphatic heterocycles. The molecule has 2 fully saturated rings. The normalized spacial score (nSPS) is 29.5. The van der Waals surface area contributed by atoms with Crippen LogP contribution in [0.4, 0.5) is 5.82 Å². The number of hydrogen-bond acceptors (Lipinski definition) is 4. The number of hydrogen-bond donors (Lipinski definition) is 0. The zero-order valence-corrected chi connectivity index (χ0v) is 9.02. The van der Waals surface area contributed by atoms with Gasteiger partial charge in [0.1, 0.15) is 5.82 Å². The molecule has 1 aromatic rings. The minimum atomic E-state index is 0.311. The van der Waals surface area contributed by atoms with Crippen LogP contribution < -0.4 is 4.90 Å². The van der Waals surface area contributed by atoms with Crippen LogP contribution in [-0.4, -0.2) is 35.8 Å². The Morgan fingerprint density at radius 1 is 1.47 bits per heavy atom. The van der Waals surface area contributed by atoms with Crippen molar-refractivity contribution in [2.45, 2.75) is 12.5 Å². The molecule has 3 heterocycles. The molecule has 15 heavy (non-hydrogen) atoms. The van der Waals surface area contributed by atoms with Gasteiger partial charge in [0.25, 0.3) is 0 Å². The van der Waals surface area contributed by atoms with Crippen LogP contribution >= 0.6 is 11.6 Å². The maximum Gasteiger partial charge on any atom is 0.224 e. The van der Waals surface area contributed by atoms with E-state index >= 15 is 0 Å². The number of nitrogens with zero attached hydrogens (tertiary/aromatic N) is 3. The van der Waals surface area contributed by atoms with Crippen LogP contribution in [0.5, 0.6) is 0 Å². The molecule has 2 bridgehead atoms. The van der Waals surface area contributed by atoms with Crippen molar-refractivity contribution in [3.8, 4) is 0 Å². The lowest BCUT2D eigenvalue weighted by Gasteiger charge is -2.31. The summed E-state index contributed by atoms with van der Waals surface area (Å²) in [5.41, 5.74) is 0. The summed E-state index contributed by atoms with van der Waals surface area (Å²) in [4.78, 5) is 10.3. The predicted molar refractivity (Wildman–Crippen MR) is 57.1 cm³/mol. The Morgan fingerprint density at radius 2 is 2.40 bits per heavy atom. The number of halogens is 1. The van der Waals surface area contributed by atoms with E-state index in [0.717, 1.165) is 25.5 Å². The average Bonchev–Trinajstić information content (AvgIpc) is 2.58. The highest BCUT2D eigenvalue weighted by molar-refractivity contribution is 6.28. The Labute approximate surface area is 93.2 Å². The highest BCUT2D eigenvalue weighted by Gasteiger charge is 2.34. The third kappa shape index (κ3) is 1.79. The Morgan fingerprint density at radius 3 is 3.20 bits per heavy atom. The monoisotopic (exact) mass is 225 g/mol. The van der Waals surface area contributed by atoms with Gasteiger partial charge in [0.15, 0.2) is 0 Å². The molecule has 3 rings (SSSR count). The molecule has 1 aromatic heterocycles. The van der Waals surface area contributed by atoms with Gasteiger partial charge in [-0.2, -0.15) is 0 Å². The smallest absolute Gasteiger partial charge is 0.224 e.